The number of rotatable bonds is 5. The van der Waals surface area contributed by atoms with E-state index in [1.54, 1.807) is 43.5 Å². The molecular weight excluding hydrogens is 446 g/mol. The normalized spacial score (nSPS) is 14.4. The summed E-state index contributed by atoms with van der Waals surface area (Å²) in [5.74, 6) is -0.0936. The Hall–Kier alpha value is -4.13. The van der Waals surface area contributed by atoms with Crippen molar-refractivity contribution < 1.29 is 14.3 Å². The lowest BCUT2D eigenvalue weighted by molar-refractivity contribution is -0.118. The van der Waals surface area contributed by atoms with Crippen LogP contribution in [-0.2, 0) is 9.53 Å². The Morgan fingerprint density at radius 3 is 2.57 bits per heavy atom. The van der Waals surface area contributed by atoms with Crippen LogP contribution < -0.4 is 10.2 Å². The van der Waals surface area contributed by atoms with E-state index in [1.807, 2.05) is 30.3 Å². The number of aromatic nitrogens is 3. The number of hydrogen-bond donors (Lipinski definition) is 1. The van der Waals surface area contributed by atoms with Gasteiger partial charge in [0.2, 0.25) is 11.9 Å². The third-order valence-electron chi connectivity index (χ3n) is 5.78. The van der Waals surface area contributed by atoms with Crippen molar-refractivity contribution >= 4 is 29.3 Å². The molecule has 10 heteroatoms. The van der Waals surface area contributed by atoms with Crippen LogP contribution in [0.25, 0.3) is 5.65 Å². The Balaban J connectivity index is 1.47. The molecule has 2 amide bonds. The Morgan fingerprint density at radius 1 is 1.14 bits per heavy atom. The number of piperidine rings is 1. The Morgan fingerprint density at radius 2 is 1.86 bits per heavy atom. The first-order valence-corrected chi connectivity index (χ1v) is 11.6. The van der Waals surface area contributed by atoms with E-state index in [0.29, 0.717) is 37.1 Å². The second-order valence-corrected chi connectivity index (χ2v) is 9.46. The Labute approximate surface area is 204 Å². The lowest BCUT2D eigenvalue weighted by Gasteiger charge is -2.39. The zero-order chi connectivity index (χ0) is 25.0. The van der Waals surface area contributed by atoms with Gasteiger partial charge >= 0.3 is 6.09 Å². The number of amides is 2. The maximum atomic E-state index is 13.1. The summed E-state index contributed by atoms with van der Waals surface area (Å²) in [5.41, 5.74) is 1.42. The number of fused-ring (bicyclic) bond motifs is 1. The molecule has 4 rings (SSSR count). The molecule has 0 saturated carbocycles. The molecule has 1 fully saturated rings. The van der Waals surface area contributed by atoms with Crippen molar-refractivity contribution in [1.29, 1.82) is 5.26 Å². The third kappa shape index (κ3) is 5.69. The SMILES string of the molecule is CC(C)(C)OC(=O)N(CC(=O)Nc1nnc2ccccn12)C1CCN(c2ccccc2C#N)CC1. The van der Waals surface area contributed by atoms with Crippen LogP contribution in [0.4, 0.5) is 16.4 Å². The monoisotopic (exact) mass is 475 g/mol. The van der Waals surface area contributed by atoms with Crippen LogP contribution in [0.3, 0.4) is 0 Å². The predicted molar refractivity (Wildman–Crippen MR) is 131 cm³/mol. The number of anilines is 2. The number of pyridine rings is 1. The van der Waals surface area contributed by atoms with E-state index in [2.05, 4.69) is 26.5 Å². The van der Waals surface area contributed by atoms with Crippen molar-refractivity contribution in [3.63, 3.8) is 0 Å². The summed E-state index contributed by atoms with van der Waals surface area (Å²) >= 11 is 0. The van der Waals surface area contributed by atoms with E-state index in [4.69, 9.17) is 4.74 Å². The van der Waals surface area contributed by atoms with E-state index in [1.165, 1.54) is 4.90 Å². The summed E-state index contributed by atoms with van der Waals surface area (Å²) in [4.78, 5) is 29.7. The molecule has 182 valence electrons. The minimum Gasteiger partial charge on any atom is -0.444 e. The highest BCUT2D eigenvalue weighted by Crippen LogP contribution is 2.26. The van der Waals surface area contributed by atoms with Gasteiger partial charge < -0.3 is 9.64 Å². The fraction of sp³-hybridized carbons (Fsp3) is 0.400. The molecule has 0 aliphatic carbocycles. The highest BCUT2D eigenvalue weighted by Gasteiger charge is 2.33. The number of carbonyl (C=O) groups is 2. The van der Waals surface area contributed by atoms with Crippen LogP contribution in [0, 0.1) is 11.3 Å². The summed E-state index contributed by atoms with van der Waals surface area (Å²) in [6.07, 6.45) is 2.50. The third-order valence-corrected chi connectivity index (χ3v) is 5.78. The van der Waals surface area contributed by atoms with Gasteiger partial charge in [-0.05, 0) is 57.9 Å². The second-order valence-electron chi connectivity index (χ2n) is 9.46. The van der Waals surface area contributed by atoms with E-state index in [9.17, 15) is 14.9 Å². The summed E-state index contributed by atoms with van der Waals surface area (Å²) in [5, 5.41) is 20.3. The molecule has 0 atom stereocenters. The van der Waals surface area contributed by atoms with Gasteiger partial charge in [-0.1, -0.05) is 18.2 Å². The molecule has 2 aromatic heterocycles. The fourth-order valence-corrected chi connectivity index (χ4v) is 4.17. The largest absolute Gasteiger partial charge is 0.444 e. The average Bonchev–Trinajstić information content (AvgIpc) is 3.24. The summed E-state index contributed by atoms with van der Waals surface area (Å²) in [6.45, 7) is 6.53. The molecule has 0 radical (unpaired) electrons. The van der Waals surface area contributed by atoms with Gasteiger partial charge in [-0.3, -0.25) is 19.4 Å². The van der Waals surface area contributed by atoms with Gasteiger partial charge in [-0.2, -0.15) is 5.26 Å². The van der Waals surface area contributed by atoms with Crippen LogP contribution in [0.1, 0.15) is 39.2 Å². The van der Waals surface area contributed by atoms with Crippen molar-refractivity contribution in [2.75, 3.05) is 29.9 Å². The lowest BCUT2D eigenvalue weighted by Crippen LogP contribution is -2.51. The molecule has 3 aromatic rings. The number of para-hydroxylation sites is 1. The van der Waals surface area contributed by atoms with Gasteiger partial charge in [-0.25, -0.2) is 4.79 Å². The number of hydrogen-bond acceptors (Lipinski definition) is 7. The van der Waals surface area contributed by atoms with Crippen molar-refractivity contribution in [3.05, 3.63) is 54.2 Å². The molecule has 1 aliphatic heterocycles. The minimum atomic E-state index is -0.693. The topological polar surface area (TPSA) is 116 Å². The summed E-state index contributed by atoms with van der Waals surface area (Å²) in [6, 6.07) is 15.0. The summed E-state index contributed by atoms with van der Waals surface area (Å²) < 4.78 is 7.29. The molecule has 0 spiro atoms. The molecule has 1 aliphatic rings. The minimum absolute atomic E-state index is 0.171. The number of benzene rings is 1. The highest BCUT2D eigenvalue weighted by atomic mass is 16.6. The molecule has 3 heterocycles. The first kappa shape index (κ1) is 24.0. The second kappa shape index (κ2) is 10.0. The average molecular weight is 476 g/mol. The van der Waals surface area contributed by atoms with Crippen LogP contribution in [0.2, 0.25) is 0 Å². The van der Waals surface area contributed by atoms with E-state index < -0.39 is 11.7 Å². The van der Waals surface area contributed by atoms with Crippen molar-refractivity contribution in [1.82, 2.24) is 19.5 Å². The zero-order valence-corrected chi connectivity index (χ0v) is 20.1. The van der Waals surface area contributed by atoms with Crippen LogP contribution in [0.15, 0.2) is 48.7 Å². The smallest absolute Gasteiger partial charge is 0.411 e. The number of carbonyl (C=O) groups excluding carboxylic acids is 2. The Kier molecular flexibility index (Phi) is 6.87. The van der Waals surface area contributed by atoms with Gasteiger partial charge in [0.15, 0.2) is 5.65 Å². The van der Waals surface area contributed by atoms with Crippen LogP contribution in [0.5, 0.6) is 0 Å². The number of ether oxygens (including phenoxy) is 1. The number of nitrogens with one attached hydrogen (secondary N) is 1. The van der Waals surface area contributed by atoms with Gasteiger partial charge in [0.25, 0.3) is 0 Å². The standard InChI is InChI=1S/C25H29N7O3/c1-25(2,3)35-24(34)32(17-22(33)27-23-29-28-21-10-6-7-13-31(21)23)19-11-14-30(15-12-19)20-9-5-4-8-18(20)16-26/h4-10,13,19H,11-12,14-15,17H2,1-3H3,(H,27,29,33). The highest BCUT2D eigenvalue weighted by molar-refractivity contribution is 5.92. The van der Waals surface area contributed by atoms with Gasteiger partial charge in [0, 0.05) is 25.3 Å². The van der Waals surface area contributed by atoms with Crippen molar-refractivity contribution in [3.8, 4) is 6.07 Å². The first-order valence-electron chi connectivity index (χ1n) is 11.6. The molecule has 35 heavy (non-hydrogen) atoms. The van der Waals surface area contributed by atoms with E-state index >= 15 is 0 Å². The fourth-order valence-electron chi connectivity index (χ4n) is 4.17. The molecule has 0 unspecified atom stereocenters. The Bertz CT molecular complexity index is 1250. The number of nitriles is 1. The predicted octanol–water partition coefficient (Wildman–Crippen LogP) is 3.45. The molecule has 1 saturated heterocycles. The van der Waals surface area contributed by atoms with Gasteiger partial charge in [0.1, 0.15) is 18.2 Å². The van der Waals surface area contributed by atoms with Gasteiger partial charge in [0.05, 0.1) is 11.3 Å². The van der Waals surface area contributed by atoms with Crippen LogP contribution >= 0.6 is 0 Å². The molecule has 10 nitrogen and oxygen atoms in total. The molecule has 1 N–H and O–H groups in total. The first-order chi connectivity index (χ1) is 16.7. The van der Waals surface area contributed by atoms with Gasteiger partial charge in [-0.15, -0.1) is 10.2 Å². The van der Waals surface area contributed by atoms with E-state index in [-0.39, 0.29) is 24.4 Å². The van der Waals surface area contributed by atoms with Crippen LogP contribution in [-0.4, -0.2) is 62.8 Å². The van der Waals surface area contributed by atoms with Crippen molar-refractivity contribution in [2.45, 2.75) is 45.3 Å². The number of nitrogens with zero attached hydrogens (tertiary/aromatic N) is 6. The maximum Gasteiger partial charge on any atom is 0.411 e. The van der Waals surface area contributed by atoms with E-state index in [0.717, 1.165) is 5.69 Å². The quantitative estimate of drug-likeness (QED) is 0.601. The molecular formula is C25H29N7O3. The maximum absolute atomic E-state index is 13.1. The lowest BCUT2D eigenvalue weighted by atomic mass is 10.0. The van der Waals surface area contributed by atoms with Crippen molar-refractivity contribution in [2.24, 2.45) is 0 Å². The molecule has 1 aromatic carbocycles. The zero-order valence-electron chi connectivity index (χ0n) is 20.1. The molecule has 0 bridgehead atoms. The summed E-state index contributed by atoms with van der Waals surface area (Å²) in [7, 11) is 0.